The molecule has 1 aromatic carbocycles. The van der Waals surface area contributed by atoms with Crippen LogP contribution in [0.2, 0.25) is 0 Å². The molecule has 2 nitrogen and oxygen atoms in total. The van der Waals surface area contributed by atoms with Crippen molar-refractivity contribution < 1.29 is 27.2 Å². The summed E-state index contributed by atoms with van der Waals surface area (Å²) in [7, 11) is 0. The van der Waals surface area contributed by atoms with Gasteiger partial charge in [0.1, 0.15) is 0 Å². The van der Waals surface area contributed by atoms with Crippen LogP contribution in [-0.2, 0) is 9.59 Å². The minimum atomic E-state index is -3.59. The molecule has 0 amide bonds. The van der Waals surface area contributed by atoms with Crippen LogP contribution in [0.1, 0.15) is 5.56 Å². The van der Waals surface area contributed by atoms with E-state index in [1.807, 2.05) is 0 Å². The van der Waals surface area contributed by atoms with Gasteiger partial charge in [0.2, 0.25) is 5.67 Å². The molecule has 0 spiro atoms. The van der Waals surface area contributed by atoms with Crippen LogP contribution in [0.25, 0.3) is 5.57 Å². The second kappa shape index (κ2) is 3.65. The third-order valence-electron chi connectivity index (χ3n) is 3.46. The predicted molar refractivity (Wildman–Crippen MR) is 61.4 cm³/mol. The number of hydrogen-bond donors (Lipinski definition) is 0. The van der Waals surface area contributed by atoms with Crippen molar-refractivity contribution >= 4 is 17.1 Å². The minimum absolute atomic E-state index is 0.000486. The Labute approximate surface area is 110 Å². The number of alkyl halides is 2. The summed E-state index contributed by atoms with van der Waals surface area (Å²) in [5.74, 6) is -8.24. The molecule has 0 fully saturated rings. The highest BCUT2D eigenvalue weighted by Crippen LogP contribution is 2.54. The molecule has 0 saturated carbocycles. The van der Waals surface area contributed by atoms with Gasteiger partial charge in [-0.05, 0) is 11.6 Å². The lowest BCUT2D eigenvalue weighted by Crippen LogP contribution is -2.58. The number of halogens is 4. The summed E-state index contributed by atoms with van der Waals surface area (Å²) in [6, 6.07) is 7.09. The molecule has 2 unspecified atom stereocenters. The van der Waals surface area contributed by atoms with Gasteiger partial charge in [0.05, 0.1) is 0 Å². The number of Topliss-reactive ketones (excluding diaryl/α,β-unsaturated/α-hetero) is 2. The lowest BCUT2D eigenvalue weighted by molar-refractivity contribution is -0.148. The zero-order valence-corrected chi connectivity index (χ0v) is 9.79. The molecule has 0 radical (unpaired) electrons. The quantitative estimate of drug-likeness (QED) is 0.586. The van der Waals surface area contributed by atoms with Crippen molar-refractivity contribution in [1.29, 1.82) is 0 Å². The van der Waals surface area contributed by atoms with Gasteiger partial charge >= 0.3 is 0 Å². The molecule has 0 heterocycles. The van der Waals surface area contributed by atoms with Crippen molar-refractivity contribution in [2.45, 2.75) is 11.3 Å². The van der Waals surface area contributed by atoms with Crippen molar-refractivity contribution in [3.63, 3.8) is 0 Å². The maximum absolute atomic E-state index is 14.7. The Morgan fingerprint density at radius 3 is 2.05 bits per heavy atom. The molecule has 0 aromatic heterocycles. The number of fused-ring (bicyclic) bond motifs is 1. The summed E-state index contributed by atoms with van der Waals surface area (Å²) < 4.78 is 56.1. The monoisotopic (exact) mass is 282 g/mol. The average Bonchev–Trinajstić information content (AvgIpc) is 2.46. The fourth-order valence-electron chi connectivity index (χ4n) is 2.40. The molecule has 0 aliphatic heterocycles. The molecule has 1 aromatic rings. The largest absolute Gasteiger partial charge is 0.286 e. The first-order chi connectivity index (χ1) is 9.33. The lowest BCUT2D eigenvalue weighted by atomic mass is 9.68. The fourth-order valence-corrected chi connectivity index (χ4v) is 2.40. The molecule has 3 aliphatic rings. The Bertz CT molecular complexity index is 707. The lowest BCUT2D eigenvalue weighted by Gasteiger charge is -2.38. The summed E-state index contributed by atoms with van der Waals surface area (Å²) in [6.07, 6.45) is 0.338. The first-order valence-electron chi connectivity index (χ1n) is 5.65. The van der Waals surface area contributed by atoms with Crippen molar-refractivity contribution in [2.75, 3.05) is 0 Å². The van der Waals surface area contributed by atoms with Gasteiger partial charge in [-0.1, -0.05) is 30.3 Å². The van der Waals surface area contributed by atoms with E-state index >= 15 is 0 Å². The molecule has 6 heteroatoms. The summed E-state index contributed by atoms with van der Waals surface area (Å²) in [6.45, 7) is 0. The van der Waals surface area contributed by atoms with Crippen LogP contribution in [0, 0.1) is 0 Å². The van der Waals surface area contributed by atoms with Crippen LogP contribution in [0.3, 0.4) is 0 Å². The Morgan fingerprint density at radius 2 is 1.45 bits per heavy atom. The summed E-state index contributed by atoms with van der Waals surface area (Å²) in [5, 5.41) is 0. The first-order valence-corrected chi connectivity index (χ1v) is 5.65. The smallest absolute Gasteiger partial charge is 0.255 e. The van der Waals surface area contributed by atoms with Gasteiger partial charge in [-0.3, -0.25) is 9.59 Å². The van der Waals surface area contributed by atoms with E-state index in [2.05, 4.69) is 0 Å². The van der Waals surface area contributed by atoms with Crippen LogP contribution < -0.4 is 0 Å². The van der Waals surface area contributed by atoms with E-state index in [0.717, 1.165) is 0 Å². The summed E-state index contributed by atoms with van der Waals surface area (Å²) >= 11 is 0. The van der Waals surface area contributed by atoms with Crippen molar-refractivity contribution in [3.05, 3.63) is 53.6 Å². The van der Waals surface area contributed by atoms with Crippen LogP contribution in [0.15, 0.2) is 48.1 Å². The van der Waals surface area contributed by atoms with Crippen molar-refractivity contribution in [3.8, 4) is 0 Å². The van der Waals surface area contributed by atoms with Crippen molar-refractivity contribution in [1.82, 2.24) is 0 Å². The van der Waals surface area contributed by atoms with Crippen LogP contribution in [0.5, 0.6) is 0 Å². The molecule has 0 saturated heterocycles. The van der Waals surface area contributed by atoms with E-state index in [-0.39, 0.29) is 5.56 Å². The zero-order valence-electron chi connectivity index (χ0n) is 9.79. The fraction of sp³-hybridized carbons (Fsp3) is 0.143. The highest BCUT2D eigenvalue weighted by molar-refractivity contribution is 6.50. The van der Waals surface area contributed by atoms with Crippen LogP contribution in [-0.4, -0.2) is 22.9 Å². The van der Waals surface area contributed by atoms with Gasteiger partial charge in [0, 0.05) is 5.57 Å². The van der Waals surface area contributed by atoms with Gasteiger partial charge in [0.25, 0.3) is 17.2 Å². The Hall–Kier alpha value is -2.24. The zero-order chi connectivity index (χ0) is 14.7. The van der Waals surface area contributed by atoms with Gasteiger partial charge in [-0.15, -0.1) is 0 Å². The number of allylic oxidation sites excluding steroid dienone is 4. The standard InChI is InChI=1S/C14H6F4O2/c15-9-10(16)14(18)8(7-4-2-1-3-5-7)6-13(9,17)11(19)12(14)20/h1-6H. The highest BCUT2D eigenvalue weighted by Gasteiger charge is 2.68. The number of ketones is 2. The molecule has 4 rings (SSSR count). The summed E-state index contributed by atoms with van der Waals surface area (Å²) in [5.41, 5.74) is -7.83. The van der Waals surface area contributed by atoms with E-state index in [1.54, 1.807) is 6.07 Å². The maximum Gasteiger partial charge on any atom is 0.255 e. The van der Waals surface area contributed by atoms with E-state index in [0.29, 0.717) is 6.08 Å². The molecule has 2 atom stereocenters. The third kappa shape index (κ3) is 1.23. The minimum Gasteiger partial charge on any atom is -0.286 e. The number of rotatable bonds is 1. The Balaban J connectivity index is 2.34. The molecule has 102 valence electrons. The topological polar surface area (TPSA) is 34.1 Å². The molecule has 3 aliphatic carbocycles. The molecular formula is C14H6F4O2. The molecule has 20 heavy (non-hydrogen) atoms. The maximum atomic E-state index is 14.7. The van der Waals surface area contributed by atoms with Crippen LogP contribution in [0.4, 0.5) is 17.6 Å². The van der Waals surface area contributed by atoms with E-state index < -0.39 is 40.1 Å². The molecule has 2 bridgehead atoms. The predicted octanol–water partition coefficient (Wildman–Crippen LogP) is 2.80. The SMILES string of the molecule is O=C1C(=O)C2(F)C(c3ccccc3)=CC1(F)C(F)=C2F. The molecule has 0 N–H and O–H groups in total. The molecular weight excluding hydrogens is 276 g/mol. The third-order valence-corrected chi connectivity index (χ3v) is 3.46. The van der Waals surface area contributed by atoms with Gasteiger partial charge in [-0.2, -0.15) is 0 Å². The van der Waals surface area contributed by atoms with Gasteiger partial charge < -0.3 is 0 Å². The number of benzene rings is 1. The van der Waals surface area contributed by atoms with E-state index in [1.165, 1.54) is 24.3 Å². The highest BCUT2D eigenvalue weighted by atomic mass is 19.2. The number of carbonyl (C=O) groups excluding carboxylic acids is 2. The number of carbonyl (C=O) groups is 2. The van der Waals surface area contributed by atoms with Gasteiger partial charge in [-0.25, -0.2) is 17.6 Å². The van der Waals surface area contributed by atoms with Crippen LogP contribution >= 0.6 is 0 Å². The first kappa shape index (κ1) is 12.8. The van der Waals surface area contributed by atoms with Gasteiger partial charge in [0.15, 0.2) is 11.7 Å². The Kier molecular flexibility index (Phi) is 2.33. The van der Waals surface area contributed by atoms with Crippen molar-refractivity contribution in [2.24, 2.45) is 0 Å². The van der Waals surface area contributed by atoms with E-state index in [9.17, 15) is 27.2 Å². The summed E-state index contributed by atoms with van der Waals surface area (Å²) in [4.78, 5) is 23.0. The average molecular weight is 282 g/mol. The normalized spacial score (nSPS) is 32.7. The van der Waals surface area contributed by atoms with E-state index in [4.69, 9.17) is 0 Å². The second-order valence-corrected chi connectivity index (χ2v) is 4.58. The number of hydrogen-bond acceptors (Lipinski definition) is 2. The Morgan fingerprint density at radius 1 is 0.850 bits per heavy atom. The second-order valence-electron chi connectivity index (χ2n) is 4.58.